The lowest BCUT2D eigenvalue weighted by molar-refractivity contribution is -0.140. The third kappa shape index (κ3) is 31.2. The second kappa shape index (κ2) is 35.6. The molecule has 1 fully saturated rings. The van der Waals surface area contributed by atoms with Gasteiger partial charge in [0.25, 0.3) is 6.47 Å². The van der Waals surface area contributed by atoms with Crippen LogP contribution < -0.4 is 27.0 Å². The molecule has 0 radical (unpaired) electrons. The lowest BCUT2D eigenvalue weighted by atomic mass is 10.1. The van der Waals surface area contributed by atoms with Gasteiger partial charge in [-0.05, 0) is 13.0 Å². The van der Waals surface area contributed by atoms with Gasteiger partial charge in [0.15, 0.2) is 0 Å². The van der Waals surface area contributed by atoms with E-state index in [4.69, 9.17) is 15.6 Å². The van der Waals surface area contributed by atoms with Crippen LogP contribution in [0.2, 0.25) is 0 Å². The van der Waals surface area contributed by atoms with Crippen molar-refractivity contribution in [2.45, 2.75) is 73.3 Å². The number of rotatable bonds is 19. The van der Waals surface area contributed by atoms with Crippen molar-refractivity contribution < 1.29 is 53.7 Å². The van der Waals surface area contributed by atoms with E-state index in [2.05, 4.69) is 26.2 Å². The highest BCUT2D eigenvalue weighted by Gasteiger charge is 2.23. The summed E-state index contributed by atoms with van der Waals surface area (Å²) in [6, 6.07) is -1.16. The Hall–Kier alpha value is -4.40. The molecule has 0 saturated carbocycles. The number of hydrogen-bond donors (Lipinski definition) is 8. The lowest BCUT2D eigenvalue weighted by Crippen LogP contribution is -2.51. The predicted octanol–water partition coefficient (Wildman–Crippen LogP) is -1.95. The van der Waals surface area contributed by atoms with Crippen LogP contribution in [0.1, 0.15) is 67.2 Å². The van der Waals surface area contributed by atoms with Gasteiger partial charge < -0.3 is 47.2 Å². The van der Waals surface area contributed by atoms with Crippen LogP contribution in [0.3, 0.4) is 0 Å². The van der Waals surface area contributed by atoms with E-state index in [-0.39, 0.29) is 51.4 Å². The number of likely N-dealkylation sites (N-methyl/N-ethyl adjacent to an activating group) is 1. The largest absolute Gasteiger partial charge is 0.483 e. The molecular formula is C34H67N9O11. The summed E-state index contributed by atoms with van der Waals surface area (Å²) in [5, 5.41) is 35.7. The number of carbonyl (C=O) groups excluding carboxylic acids is 5. The first-order chi connectivity index (χ1) is 25.7. The van der Waals surface area contributed by atoms with Crippen LogP contribution in [0.4, 0.5) is 0 Å². The van der Waals surface area contributed by atoms with Gasteiger partial charge in [-0.25, -0.2) is 0 Å². The van der Waals surface area contributed by atoms with Gasteiger partial charge in [-0.3, -0.25) is 53.1 Å². The van der Waals surface area contributed by atoms with E-state index in [9.17, 15) is 43.8 Å². The van der Waals surface area contributed by atoms with Crippen LogP contribution >= 0.6 is 0 Å². The highest BCUT2D eigenvalue weighted by atomic mass is 16.4. The average molecular weight is 778 g/mol. The van der Waals surface area contributed by atoms with Crippen molar-refractivity contribution in [3.05, 3.63) is 0 Å². The average Bonchev–Trinajstić information content (AvgIpc) is 3.12. The minimum atomic E-state index is -1.16. The smallest absolute Gasteiger partial charge is 0.317 e. The summed E-state index contributed by atoms with van der Waals surface area (Å²) in [6.07, 6.45) is 1.08. The maximum atomic E-state index is 12.7. The number of nitrogens with two attached hydrogens (primary N) is 1. The predicted molar refractivity (Wildman–Crippen MR) is 202 cm³/mol. The maximum absolute atomic E-state index is 12.7. The third-order valence-electron chi connectivity index (χ3n) is 7.47. The van der Waals surface area contributed by atoms with Crippen molar-refractivity contribution in [3.8, 4) is 0 Å². The highest BCUT2D eigenvalue weighted by molar-refractivity contribution is 5.93. The van der Waals surface area contributed by atoms with Gasteiger partial charge in [0.1, 0.15) is 6.04 Å². The minimum absolute atomic E-state index is 0.00982. The number of unbranched alkanes of at least 4 members (excludes halogenated alkanes) is 1. The van der Waals surface area contributed by atoms with Gasteiger partial charge in [-0.2, -0.15) is 0 Å². The Morgan fingerprint density at radius 1 is 0.667 bits per heavy atom. The molecule has 0 aliphatic carbocycles. The number of carboxylic acids is 2. The topological polar surface area (TPSA) is 284 Å². The van der Waals surface area contributed by atoms with Crippen molar-refractivity contribution in [2.75, 3.05) is 98.2 Å². The second-order valence-electron chi connectivity index (χ2n) is 11.5. The molecule has 0 aromatic carbocycles. The molecule has 9 N–H and O–H groups in total. The van der Waals surface area contributed by atoms with E-state index in [1.165, 1.54) is 0 Å². The number of amides is 5. The number of nitrogens with zero attached hydrogens (tertiary/aromatic N) is 4. The third-order valence-corrected chi connectivity index (χ3v) is 7.47. The highest BCUT2D eigenvalue weighted by Crippen LogP contribution is 2.01. The Labute approximate surface area is 319 Å². The number of aliphatic carboxylic acids is 2. The van der Waals surface area contributed by atoms with E-state index in [1.54, 1.807) is 9.80 Å². The van der Waals surface area contributed by atoms with E-state index in [1.807, 2.05) is 46.4 Å². The monoisotopic (exact) mass is 777 g/mol. The van der Waals surface area contributed by atoms with E-state index in [0.717, 1.165) is 19.4 Å². The molecule has 1 atom stereocenters. The molecule has 1 aliphatic heterocycles. The lowest BCUT2D eigenvalue weighted by Gasteiger charge is -2.33. The van der Waals surface area contributed by atoms with E-state index >= 15 is 0 Å². The summed E-state index contributed by atoms with van der Waals surface area (Å²) in [5.74, 6) is -4.77. The zero-order valence-electron chi connectivity index (χ0n) is 33.1. The first kappa shape index (κ1) is 53.9. The fourth-order valence-corrected chi connectivity index (χ4v) is 4.76. The Balaban J connectivity index is -0.00000346. The SMILES string of the molecule is CC.CC.CCCCNC(=O)C(CC(N)=O)NC(=O)CNC(=O)CCNC(=O)CN1CCN(CC)CCN(CC(=O)O)CCN(CC(=O)O)CC1.O=CO. The van der Waals surface area contributed by atoms with Crippen LogP contribution in [0.5, 0.6) is 0 Å². The molecule has 1 aliphatic rings. The molecule has 1 heterocycles. The van der Waals surface area contributed by atoms with Crippen molar-refractivity contribution in [1.82, 2.24) is 40.9 Å². The standard InChI is InChI=1S/C29H53N9O9.2C2H6.CH2O2/c1-3-5-7-32-29(47)22(17-23(30)39)34-25(41)18-33-24(40)6-8-31-26(42)19-36-11-9-35(4-2)10-12-37(20-27(43)44)15-16-38(14-13-36)21-28(45)46;2*1-2;2-1-3/h22H,3-21H2,1-2H3,(H2,30,39)(H,31,42)(H,32,47)(H,33,40)(H,34,41)(H,43,44)(H,45,46);2*1-2H3;1H,(H,2,3). The minimum Gasteiger partial charge on any atom is -0.483 e. The van der Waals surface area contributed by atoms with Crippen LogP contribution in [-0.2, 0) is 38.4 Å². The first-order valence-electron chi connectivity index (χ1n) is 18.5. The Morgan fingerprint density at radius 2 is 1.11 bits per heavy atom. The van der Waals surface area contributed by atoms with Crippen LogP contribution in [0, 0.1) is 0 Å². The summed E-state index contributed by atoms with van der Waals surface area (Å²) in [5.41, 5.74) is 5.19. The summed E-state index contributed by atoms with van der Waals surface area (Å²) in [7, 11) is 0. The molecule has 54 heavy (non-hydrogen) atoms. The molecule has 314 valence electrons. The zero-order valence-corrected chi connectivity index (χ0v) is 33.1. The van der Waals surface area contributed by atoms with Crippen molar-refractivity contribution in [1.29, 1.82) is 0 Å². The fourth-order valence-electron chi connectivity index (χ4n) is 4.76. The fraction of sp³-hybridized carbons (Fsp3) is 0.765. The van der Waals surface area contributed by atoms with Gasteiger partial charge in [-0.1, -0.05) is 48.0 Å². The summed E-state index contributed by atoms with van der Waals surface area (Å²) in [4.78, 5) is 99.7. The molecule has 0 aromatic heterocycles. The van der Waals surface area contributed by atoms with Gasteiger partial charge in [-0.15, -0.1) is 0 Å². The van der Waals surface area contributed by atoms with Crippen LogP contribution in [-0.4, -0.2) is 187 Å². The summed E-state index contributed by atoms with van der Waals surface area (Å²) < 4.78 is 0. The summed E-state index contributed by atoms with van der Waals surface area (Å²) >= 11 is 0. The van der Waals surface area contributed by atoms with E-state index < -0.39 is 48.2 Å². The first-order valence-corrected chi connectivity index (χ1v) is 18.5. The molecule has 20 heteroatoms. The van der Waals surface area contributed by atoms with Gasteiger partial charge in [0.05, 0.1) is 32.6 Å². The molecule has 0 bridgehead atoms. The number of primary amides is 1. The molecular weight excluding hydrogens is 710 g/mol. The van der Waals surface area contributed by atoms with Gasteiger partial charge >= 0.3 is 11.9 Å². The van der Waals surface area contributed by atoms with Gasteiger partial charge in [0, 0.05) is 71.9 Å². The Bertz CT molecular complexity index is 1100. The molecule has 1 unspecified atom stereocenters. The molecule has 0 aromatic rings. The Morgan fingerprint density at radius 3 is 1.52 bits per heavy atom. The van der Waals surface area contributed by atoms with Crippen LogP contribution in [0.15, 0.2) is 0 Å². The number of carboxylic acid groups (broad SMARTS) is 3. The molecule has 1 rings (SSSR count). The Kier molecular flexibility index (Phi) is 35.6. The number of hydrogen-bond acceptors (Lipinski definition) is 12. The van der Waals surface area contributed by atoms with E-state index in [0.29, 0.717) is 58.9 Å². The van der Waals surface area contributed by atoms with Crippen molar-refractivity contribution in [2.24, 2.45) is 5.73 Å². The zero-order chi connectivity index (χ0) is 41.9. The molecule has 20 nitrogen and oxygen atoms in total. The number of carbonyl (C=O) groups is 8. The quantitative estimate of drug-likeness (QED) is 0.0523. The maximum Gasteiger partial charge on any atom is 0.317 e. The van der Waals surface area contributed by atoms with Crippen molar-refractivity contribution in [3.63, 3.8) is 0 Å². The molecule has 5 amide bonds. The van der Waals surface area contributed by atoms with Crippen molar-refractivity contribution >= 4 is 47.9 Å². The summed E-state index contributed by atoms with van der Waals surface area (Å²) in [6.45, 7) is 15.8. The van der Waals surface area contributed by atoms with Crippen LogP contribution in [0.25, 0.3) is 0 Å². The normalized spacial score (nSPS) is 14.9. The second-order valence-corrected chi connectivity index (χ2v) is 11.5. The van der Waals surface area contributed by atoms with Gasteiger partial charge in [0.2, 0.25) is 29.5 Å². The molecule has 1 saturated heterocycles. The molecule has 0 spiro atoms. The number of nitrogens with one attached hydrogen (secondary N) is 4.